The number of hydrazone groups is 1. The van der Waals surface area contributed by atoms with Crippen LogP contribution in [0.4, 0.5) is 5.82 Å². The Morgan fingerprint density at radius 2 is 2.06 bits per heavy atom. The lowest BCUT2D eigenvalue weighted by Crippen LogP contribution is -2.23. The first-order chi connectivity index (χ1) is 15.2. The number of imidazole rings is 1. The van der Waals surface area contributed by atoms with Gasteiger partial charge in [0.15, 0.2) is 4.96 Å². The van der Waals surface area contributed by atoms with Crippen LogP contribution in [0.5, 0.6) is 0 Å². The molecule has 31 heavy (non-hydrogen) atoms. The minimum absolute atomic E-state index is 0.187. The molecule has 158 valence electrons. The highest BCUT2D eigenvalue weighted by molar-refractivity contribution is 7.15. The number of carbonyl (C=O) groups excluding carboxylic acids is 1. The number of nitrogens with zero attached hydrogens (tertiary/aromatic N) is 6. The van der Waals surface area contributed by atoms with Crippen LogP contribution in [0.2, 0.25) is 0 Å². The van der Waals surface area contributed by atoms with Gasteiger partial charge in [-0.1, -0.05) is 18.2 Å². The minimum atomic E-state index is -0.196. The first kappa shape index (κ1) is 19.5. The van der Waals surface area contributed by atoms with E-state index in [1.165, 1.54) is 0 Å². The predicted molar refractivity (Wildman–Crippen MR) is 122 cm³/mol. The van der Waals surface area contributed by atoms with Crippen molar-refractivity contribution in [1.29, 1.82) is 0 Å². The minimum Gasteiger partial charge on any atom is -0.356 e. The Hall–Kier alpha value is -3.46. The highest BCUT2D eigenvalue weighted by Crippen LogP contribution is 2.28. The average molecular weight is 434 g/mol. The van der Waals surface area contributed by atoms with E-state index < -0.39 is 0 Å². The molecule has 1 fully saturated rings. The molecule has 0 aliphatic carbocycles. The van der Waals surface area contributed by atoms with Gasteiger partial charge >= 0.3 is 0 Å². The van der Waals surface area contributed by atoms with E-state index in [1.807, 2.05) is 64.1 Å². The summed E-state index contributed by atoms with van der Waals surface area (Å²) in [6.45, 7) is 3.95. The number of fused-ring (bicyclic) bond motifs is 1. The van der Waals surface area contributed by atoms with Crippen molar-refractivity contribution in [3.63, 3.8) is 0 Å². The molecule has 4 aromatic rings. The number of aromatic nitrogens is 4. The topological polar surface area (TPSA) is 79.8 Å². The van der Waals surface area contributed by atoms with E-state index in [-0.39, 0.29) is 12.3 Å². The largest absolute Gasteiger partial charge is 0.356 e. The molecule has 1 aliphatic rings. The lowest BCUT2D eigenvalue weighted by molar-refractivity contribution is -0.120. The molecule has 1 amide bonds. The van der Waals surface area contributed by atoms with Crippen LogP contribution < -0.4 is 10.3 Å². The summed E-state index contributed by atoms with van der Waals surface area (Å²) < 4.78 is 3.89. The number of carbonyl (C=O) groups is 1. The van der Waals surface area contributed by atoms with E-state index in [4.69, 9.17) is 5.10 Å². The molecule has 4 heterocycles. The summed E-state index contributed by atoms with van der Waals surface area (Å²) in [7, 11) is 0. The van der Waals surface area contributed by atoms with Crippen LogP contribution in [0.15, 0.2) is 53.2 Å². The van der Waals surface area contributed by atoms with Crippen LogP contribution in [-0.2, 0) is 11.2 Å². The second kappa shape index (κ2) is 8.35. The van der Waals surface area contributed by atoms with Crippen LogP contribution in [0.3, 0.4) is 0 Å². The smallest absolute Gasteiger partial charge is 0.246 e. The summed E-state index contributed by atoms with van der Waals surface area (Å²) in [5.74, 6) is 0.825. The van der Waals surface area contributed by atoms with Crippen molar-refractivity contribution in [3.05, 3.63) is 65.1 Å². The fourth-order valence-corrected chi connectivity index (χ4v) is 4.61. The van der Waals surface area contributed by atoms with Crippen molar-refractivity contribution in [1.82, 2.24) is 24.6 Å². The standard InChI is InChI=1S/C22H23N7OS/c1-16-19(14-23-25-20(30)13-17-15-28-11-12-31-22(28)24-17)21(27-9-5-6-10-27)29(26-16)18-7-3-2-4-8-18/h2-4,7-8,11-12,14-15H,5-6,9-10,13H2,1H3,(H,25,30). The number of hydrogen-bond acceptors (Lipinski definition) is 6. The lowest BCUT2D eigenvalue weighted by Gasteiger charge is -2.20. The molecule has 1 aromatic carbocycles. The van der Waals surface area contributed by atoms with E-state index in [0.717, 1.165) is 59.3 Å². The second-order valence-corrected chi connectivity index (χ2v) is 8.43. The number of hydrogen-bond donors (Lipinski definition) is 1. The molecule has 0 bridgehead atoms. The lowest BCUT2D eigenvalue weighted by atomic mass is 10.2. The molecule has 9 heteroatoms. The van der Waals surface area contributed by atoms with Gasteiger partial charge in [0.25, 0.3) is 0 Å². The van der Waals surface area contributed by atoms with Gasteiger partial charge < -0.3 is 4.90 Å². The van der Waals surface area contributed by atoms with Gasteiger partial charge in [0.2, 0.25) is 5.91 Å². The third kappa shape index (κ3) is 3.96. The molecule has 0 spiro atoms. The number of thiazole rings is 1. The van der Waals surface area contributed by atoms with Gasteiger partial charge in [0.1, 0.15) is 5.82 Å². The fraction of sp³-hybridized carbons (Fsp3) is 0.273. The molecule has 0 unspecified atom stereocenters. The number of amides is 1. The van der Waals surface area contributed by atoms with Crippen LogP contribution in [0, 0.1) is 6.92 Å². The molecule has 0 atom stereocenters. The Bertz CT molecular complexity index is 1200. The summed E-state index contributed by atoms with van der Waals surface area (Å²) in [6, 6.07) is 10.1. The van der Waals surface area contributed by atoms with E-state index in [0.29, 0.717) is 0 Å². The van der Waals surface area contributed by atoms with Crippen molar-refractivity contribution in [2.75, 3.05) is 18.0 Å². The Labute approximate surface area is 183 Å². The number of anilines is 1. The van der Waals surface area contributed by atoms with Gasteiger partial charge in [-0.3, -0.25) is 9.20 Å². The van der Waals surface area contributed by atoms with Gasteiger partial charge in [-0.15, -0.1) is 11.3 Å². The Morgan fingerprint density at radius 1 is 1.26 bits per heavy atom. The zero-order valence-electron chi connectivity index (χ0n) is 17.2. The molecule has 1 saturated heterocycles. The van der Waals surface area contributed by atoms with E-state index in [1.54, 1.807) is 17.6 Å². The number of rotatable bonds is 6. The van der Waals surface area contributed by atoms with Crippen LogP contribution in [0.25, 0.3) is 10.6 Å². The SMILES string of the molecule is Cc1nn(-c2ccccc2)c(N2CCCC2)c1C=NNC(=O)Cc1cn2ccsc2n1. The third-order valence-electron chi connectivity index (χ3n) is 5.36. The molecular formula is C22H23N7OS. The average Bonchev–Trinajstić information content (AvgIpc) is 3.53. The van der Waals surface area contributed by atoms with Crippen LogP contribution in [0.1, 0.15) is 29.8 Å². The highest BCUT2D eigenvalue weighted by atomic mass is 32.1. The number of para-hydroxylation sites is 1. The summed E-state index contributed by atoms with van der Waals surface area (Å²) in [6.07, 6.45) is 8.02. The summed E-state index contributed by atoms with van der Waals surface area (Å²) in [4.78, 5) is 20.0. The molecule has 3 aromatic heterocycles. The van der Waals surface area contributed by atoms with E-state index in [9.17, 15) is 4.79 Å². The maximum absolute atomic E-state index is 12.4. The van der Waals surface area contributed by atoms with Gasteiger partial charge in [-0.25, -0.2) is 15.1 Å². The normalized spacial score (nSPS) is 14.2. The van der Waals surface area contributed by atoms with E-state index >= 15 is 0 Å². The molecular weight excluding hydrogens is 410 g/mol. The van der Waals surface area contributed by atoms with Crippen molar-refractivity contribution in [3.8, 4) is 5.69 Å². The Balaban J connectivity index is 1.36. The molecule has 1 aliphatic heterocycles. The first-order valence-corrected chi connectivity index (χ1v) is 11.2. The molecule has 0 saturated carbocycles. The monoisotopic (exact) mass is 433 g/mol. The molecule has 5 rings (SSSR count). The van der Waals surface area contributed by atoms with Gasteiger partial charge in [-0.2, -0.15) is 10.2 Å². The number of nitrogens with one attached hydrogen (secondary N) is 1. The van der Waals surface area contributed by atoms with E-state index in [2.05, 4.69) is 20.4 Å². The summed E-state index contributed by atoms with van der Waals surface area (Å²) in [5.41, 5.74) is 6.17. The van der Waals surface area contributed by atoms with Gasteiger partial charge in [-0.05, 0) is 31.9 Å². The maximum Gasteiger partial charge on any atom is 0.246 e. The first-order valence-electron chi connectivity index (χ1n) is 10.3. The Kier molecular flexibility index (Phi) is 5.25. The summed E-state index contributed by atoms with van der Waals surface area (Å²) in [5, 5.41) is 11.0. The predicted octanol–water partition coefficient (Wildman–Crippen LogP) is 3.18. The third-order valence-corrected chi connectivity index (χ3v) is 6.13. The van der Waals surface area contributed by atoms with Gasteiger partial charge in [0.05, 0.1) is 35.3 Å². The fourth-order valence-electron chi connectivity index (χ4n) is 3.89. The zero-order chi connectivity index (χ0) is 21.2. The number of aryl methyl sites for hydroxylation is 1. The van der Waals surface area contributed by atoms with Crippen molar-refractivity contribution < 1.29 is 4.79 Å². The molecule has 8 nitrogen and oxygen atoms in total. The van der Waals surface area contributed by atoms with Crippen LogP contribution >= 0.6 is 11.3 Å². The van der Waals surface area contributed by atoms with Crippen molar-refractivity contribution in [2.45, 2.75) is 26.2 Å². The van der Waals surface area contributed by atoms with Crippen LogP contribution in [-0.4, -0.2) is 44.4 Å². The number of benzene rings is 1. The highest BCUT2D eigenvalue weighted by Gasteiger charge is 2.23. The molecule has 1 N–H and O–H groups in total. The Morgan fingerprint density at radius 3 is 2.84 bits per heavy atom. The zero-order valence-corrected chi connectivity index (χ0v) is 18.0. The second-order valence-electron chi connectivity index (χ2n) is 7.56. The summed E-state index contributed by atoms with van der Waals surface area (Å²) >= 11 is 1.54. The van der Waals surface area contributed by atoms with Gasteiger partial charge in [0, 0.05) is 30.9 Å². The van der Waals surface area contributed by atoms with Crippen molar-refractivity contribution in [2.24, 2.45) is 5.10 Å². The quantitative estimate of drug-likeness (QED) is 0.374. The molecule has 0 radical (unpaired) electrons. The van der Waals surface area contributed by atoms with Crippen molar-refractivity contribution >= 4 is 34.2 Å². The maximum atomic E-state index is 12.4.